The van der Waals surface area contributed by atoms with Crippen LogP contribution in [0.2, 0.25) is 0 Å². The minimum Gasteiger partial charge on any atom is -0.392 e. The molecule has 102 valence electrons. The Morgan fingerprint density at radius 2 is 1.94 bits per heavy atom. The van der Waals surface area contributed by atoms with Gasteiger partial charge >= 0.3 is 0 Å². The topological polar surface area (TPSA) is 57.6 Å². The third kappa shape index (κ3) is 3.31. The van der Waals surface area contributed by atoms with Crippen LogP contribution >= 0.6 is 0 Å². The Morgan fingerprint density at radius 3 is 2.44 bits per heavy atom. The first kappa shape index (κ1) is 15.1. The summed E-state index contributed by atoms with van der Waals surface area (Å²) >= 11 is 0. The second-order valence-electron chi connectivity index (χ2n) is 4.94. The van der Waals surface area contributed by atoms with Crippen molar-refractivity contribution in [2.45, 2.75) is 32.3 Å². The largest absolute Gasteiger partial charge is 0.392 e. The Balaban J connectivity index is 3.19. The van der Waals surface area contributed by atoms with Crippen molar-refractivity contribution in [3.05, 3.63) is 29.3 Å². The summed E-state index contributed by atoms with van der Waals surface area (Å²) in [6.07, 6.45) is 0. The van der Waals surface area contributed by atoms with Crippen molar-refractivity contribution in [2.24, 2.45) is 5.92 Å². The molecule has 18 heavy (non-hydrogen) atoms. The van der Waals surface area contributed by atoms with Crippen LogP contribution in [0, 0.1) is 12.8 Å². The molecular formula is C13H21NO3S. The van der Waals surface area contributed by atoms with Gasteiger partial charge in [-0.15, -0.1) is 0 Å². The van der Waals surface area contributed by atoms with E-state index in [4.69, 9.17) is 5.11 Å². The molecular weight excluding hydrogens is 250 g/mol. The summed E-state index contributed by atoms with van der Waals surface area (Å²) in [5, 5.41) is 9.09. The fourth-order valence-electron chi connectivity index (χ4n) is 1.80. The molecule has 0 fully saturated rings. The van der Waals surface area contributed by atoms with Crippen molar-refractivity contribution in [1.29, 1.82) is 0 Å². The summed E-state index contributed by atoms with van der Waals surface area (Å²) in [5.41, 5.74) is 1.31. The molecule has 1 aromatic rings. The number of hydrogen-bond donors (Lipinski definition) is 1. The van der Waals surface area contributed by atoms with Crippen LogP contribution in [-0.2, 0) is 16.6 Å². The van der Waals surface area contributed by atoms with E-state index < -0.39 is 10.0 Å². The summed E-state index contributed by atoms with van der Waals surface area (Å²) < 4.78 is 26.2. The van der Waals surface area contributed by atoms with Crippen LogP contribution in [0.3, 0.4) is 0 Å². The number of aliphatic hydroxyl groups excluding tert-OH is 1. The molecule has 0 heterocycles. The van der Waals surface area contributed by atoms with Gasteiger partial charge in [0.15, 0.2) is 0 Å². The van der Waals surface area contributed by atoms with E-state index in [1.54, 1.807) is 32.2 Å². The van der Waals surface area contributed by atoms with Crippen molar-refractivity contribution in [2.75, 3.05) is 13.6 Å². The summed E-state index contributed by atoms with van der Waals surface area (Å²) in [6.45, 7) is 6.03. The SMILES string of the molecule is Cc1ccc(CO)cc1S(=O)(=O)N(C)CC(C)C. The maximum atomic E-state index is 12.4. The molecule has 0 aromatic heterocycles. The van der Waals surface area contributed by atoms with E-state index in [0.717, 1.165) is 0 Å². The number of aryl methyl sites for hydroxylation is 1. The predicted octanol–water partition coefficient (Wildman–Crippen LogP) is 1.76. The molecule has 0 aliphatic heterocycles. The average Bonchev–Trinajstić information content (AvgIpc) is 2.28. The standard InChI is InChI=1S/C13H21NO3S/c1-10(2)8-14(4)18(16,17)13-7-12(9-15)6-5-11(13)3/h5-7,10,15H,8-9H2,1-4H3. The Labute approximate surface area is 109 Å². The Kier molecular flexibility index (Phi) is 4.90. The highest BCUT2D eigenvalue weighted by atomic mass is 32.2. The fourth-order valence-corrected chi connectivity index (χ4v) is 3.41. The normalized spacial score (nSPS) is 12.4. The zero-order valence-electron chi connectivity index (χ0n) is 11.3. The fraction of sp³-hybridized carbons (Fsp3) is 0.538. The molecule has 0 unspecified atom stereocenters. The van der Waals surface area contributed by atoms with Crippen LogP contribution in [0.15, 0.2) is 23.1 Å². The van der Waals surface area contributed by atoms with Crippen molar-refractivity contribution >= 4 is 10.0 Å². The second kappa shape index (κ2) is 5.82. The lowest BCUT2D eigenvalue weighted by atomic mass is 10.2. The molecule has 4 nitrogen and oxygen atoms in total. The zero-order chi connectivity index (χ0) is 13.9. The lowest BCUT2D eigenvalue weighted by Gasteiger charge is -2.20. The van der Waals surface area contributed by atoms with Gasteiger partial charge in [-0.25, -0.2) is 12.7 Å². The summed E-state index contributed by atoms with van der Waals surface area (Å²) in [7, 11) is -1.89. The van der Waals surface area contributed by atoms with Crippen molar-refractivity contribution in [3.63, 3.8) is 0 Å². The number of rotatable bonds is 5. The molecule has 1 aromatic carbocycles. The van der Waals surface area contributed by atoms with Crippen molar-refractivity contribution in [1.82, 2.24) is 4.31 Å². The summed E-state index contributed by atoms with van der Waals surface area (Å²) in [4.78, 5) is 0.275. The number of nitrogens with zero attached hydrogens (tertiary/aromatic N) is 1. The van der Waals surface area contributed by atoms with Crippen LogP contribution in [0.1, 0.15) is 25.0 Å². The highest BCUT2D eigenvalue weighted by Gasteiger charge is 2.23. The van der Waals surface area contributed by atoms with Gasteiger partial charge in [0.1, 0.15) is 0 Å². The highest BCUT2D eigenvalue weighted by molar-refractivity contribution is 7.89. The number of sulfonamides is 1. The van der Waals surface area contributed by atoms with Crippen LogP contribution in [0.5, 0.6) is 0 Å². The first-order valence-electron chi connectivity index (χ1n) is 5.95. The van der Waals surface area contributed by atoms with Gasteiger partial charge in [-0.3, -0.25) is 0 Å². The molecule has 1 rings (SSSR count). The van der Waals surface area contributed by atoms with Crippen molar-refractivity contribution < 1.29 is 13.5 Å². The molecule has 0 bridgehead atoms. The Bertz CT molecular complexity index is 509. The van der Waals surface area contributed by atoms with Gasteiger partial charge in [0, 0.05) is 13.6 Å². The van der Waals surface area contributed by atoms with Gasteiger partial charge in [-0.05, 0) is 30.0 Å². The smallest absolute Gasteiger partial charge is 0.243 e. The van der Waals surface area contributed by atoms with E-state index in [1.165, 1.54) is 4.31 Å². The quantitative estimate of drug-likeness (QED) is 0.888. The van der Waals surface area contributed by atoms with Crippen LogP contribution < -0.4 is 0 Å². The maximum absolute atomic E-state index is 12.4. The van der Waals surface area contributed by atoms with E-state index in [-0.39, 0.29) is 17.4 Å². The molecule has 0 aliphatic rings. The lowest BCUT2D eigenvalue weighted by Crippen LogP contribution is -2.31. The van der Waals surface area contributed by atoms with Gasteiger partial charge in [-0.1, -0.05) is 26.0 Å². The van der Waals surface area contributed by atoms with E-state index in [0.29, 0.717) is 17.7 Å². The van der Waals surface area contributed by atoms with Crippen LogP contribution in [-0.4, -0.2) is 31.4 Å². The summed E-state index contributed by atoms with van der Waals surface area (Å²) in [5.74, 6) is 0.270. The molecule has 0 radical (unpaired) electrons. The van der Waals surface area contributed by atoms with E-state index in [1.807, 2.05) is 13.8 Å². The van der Waals surface area contributed by atoms with Crippen LogP contribution in [0.4, 0.5) is 0 Å². The number of aliphatic hydroxyl groups is 1. The van der Waals surface area contributed by atoms with Crippen molar-refractivity contribution in [3.8, 4) is 0 Å². The van der Waals surface area contributed by atoms with E-state index in [2.05, 4.69) is 0 Å². The highest BCUT2D eigenvalue weighted by Crippen LogP contribution is 2.21. The zero-order valence-corrected chi connectivity index (χ0v) is 12.2. The first-order chi connectivity index (χ1) is 8.28. The third-order valence-corrected chi connectivity index (χ3v) is 4.71. The Morgan fingerprint density at radius 1 is 1.33 bits per heavy atom. The molecule has 0 spiro atoms. The van der Waals surface area contributed by atoms with Gasteiger partial charge in [0.2, 0.25) is 10.0 Å². The molecule has 0 saturated carbocycles. The lowest BCUT2D eigenvalue weighted by molar-refractivity contribution is 0.281. The molecule has 0 amide bonds. The monoisotopic (exact) mass is 271 g/mol. The molecule has 5 heteroatoms. The Hall–Kier alpha value is -0.910. The van der Waals surface area contributed by atoms with Gasteiger partial charge < -0.3 is 5.11 Å². The predicted molar refractivity (Wildman–Crippen MR) is 71.8 cm³/mol. The molecule has 0 atom stereocenters. The third-order valence-electron chi connectivity index (χ3n) is 2.75. The van der Waals surface area contributed by atoms with Gasteiger partial charge in [0.05, 0.1) is 11.5 Å². The maximum Gasteiger partial charge on any atom is 0.243 e. The minimum absolute atomic E-state index is 0.156. The number of benzene rings is 1. The van der Waals surface area contributed by atoms with E-state index >= 15 is 0 Å². The molecule has 1 N–H and O–H groups in total. The second-order valence-corrected chi connectivity index (χ2v) is 6.95. The van der Waals surface area contributed by atoms with Gasteiger partial charge in [-0.2, -0.15) is 0 Å². The van der Waals surface area contributed by atoms with Crippen LogP contribution in [0.25, 0.3) is 0 Å². The molecule has 0 aliphatic carbocycles. The van der Waals surface area contributed by atoms with Gasteiger partial charge in [0.25, 0.3) is 0 Å². The number of hydrogen-bond acceptors (Lipinski definition) is 3. The molecule has 0 saturated heterocycles. The minimum atomic E-state index is -3.48. The average molecular weight is 271 g/mol. The first-order valence-corrected chi connectivity index (χ1v) is 7.39. The summed E-state index contributed by atoms with van der Waals surface area (Å²) in [6, 6.07) is 5.00. The van der Waals surface area contributed by atoms with E-state index in [9.17, 15) is 8.42 Å².